The monoisotopic (exact) mass is 308 g/mol. The van der Waals surface area contributed by atoms with E-state index in [0.29, 0.717) is 13.2 Å². The molecule has 0 radical (unpaired) electrons. The molecule has 0 spiro atoms. The van der Waals surface area contributed by atoms with Crippen LogP contribution in [0.4, 0.5) is 4.79 Å². The molecule has 1 aromatic rings. The van der Waals surface area contributed by atoms with Gasteiger partial charge in [0.05, 0.1) is 24.4 Å². The third kappa shape index (κ3) is 4.94. The van der Waals surface area contributed by atoms with Crippen LogP contribution in [0, 0.1) is 0 Å². The van der Waals surface area contributed by atoms with Crippen molar-refractivity contribution in [3.8, 4) is 0 Å². The smallest absolute Gasteiger partial charge is 0.315 e. The van der Waals surface area contributed by atoms with Crippen molar-refractivity contribution in [1.29, 1.82) is 0 Å². The van der Waals surface area contributed by atoms with E-state index in [0.717, 1.165) is 5.69 Å². The topological polar surface area (TPSA) is 95.5 Å². The summed E-state index contributed by atoms with van der Waals surface area (Å²) in [4.78, 5) is 15.7. The lowest BCUT2D eigenvalue weighted by atomic mass is 10.1. The molecule has 3 atom stereocenters. The molecule has 2 rings (SSSR count). The first-order valence-electron chi connectivity index (χ1n) is 7.53. The largest absolute Gasteiger partial charge is 0.389 e. The normalized spacial score (nSPS) is 24.5. The quantitative estimate of drug-likeness (QED) is 0.594. The summed E-state index contributed by atoms with van der Waals surface area (Å²) in [5.41, 5.74) is 0.910. The van der Waals surface area contributed by atoms with E-state index < -0.39 is 12.2 Å². The second kappa shape index (κ2) is 8.07. The molecule has 1 aliphatic heterocycles. The molecule has 0 aliphatic carbocycles. The Hall–Kier alpha value is -1.70. The zero-order valence-corrected chi connectivity index (χ0v) is 13.0. The molecule has 1 aliphatic rings. The molecule has 0 saturated carbocycles. The number of aliphatic hydroxyl groups excluding tert-OH is 1. The van der Waals surface area contributed by atoms with Gasteiger partial charge < -0.3 is 25.8 Å². The second-order valence-corrected chi connectivity index (χ2v) is 5.68. The Morgan fingerprint density at radius 2 is 2.32 bits per heavy atom. The minimum atomic E-state index is -0.664. The minimum absolute atomic E-state index is 0.0715. The van der Waals surface area contributed by atoms with Gasteiger partial charge in [-0.3, -0.25) is 4.98 Å². The number of aromatic nitrogens is 1. The number of hydrogen-bond acceptors (Lipinski definition) is 5. The number of nitrogens with one attached hydrogen (secondary N) is 3. The highest BCUT2D eigenvalue weighted by Crippen LogP contribution is 2.14. The number of hydrogen-bond donors (Lipinski definition) is 4. The van der Waals surface area contributed by atoms with Gasteiger partial charge >= 0.3 is 6.03 Å². The minimum Gasteiger partial charge on any atom is -0.389 e. The summed E-state index contributed by atoms with van der Waals surface area (Å²) in [6, 6.07) is 5.36. The van der Waals surface area contributed by atoms with E-state index >= 15 is 0 Å². The Bertz CT molecular complexity index is 469. The third-order valence-electron chi connectivity index (χ3n) is 3.44. The standard InChI is InChI=1S/C15H24N4O3/c1-10(2)19-15(21)18-8-13-14(20)12(9-22-13)17-7-11-5-3-4-6-16-11/h3-6,10,12-14,17,20H,7-9H2,1-2H3,(H2,18,19,21). The van der Waals surface area contributed by atoms with Gasteiger partial charge in [0.25, 0.3) is 0 Å². The van der Waals surface area contributed by atoms with E-state index in [-0.39, 0.29) is 24.7 Å². The van der Waals surface area contributed by atoms with Crippen molar-refractivity contribution >= 4 is 6.03 Å². The molecule has 3 unspecified atom stereocenters. The molecule has 7 nitrogen and oxygen atoms in total. The Morgan fingerprint density at radius 1 is 1.50 bits per heavy atom. The van der Waals surface area contributed by atoms with Crippen LogP contribution in [-0.4, -0.2) is 53.6 Å². The Balaban J connectivity index is 1.72. The lowest BCUT2D eigenvalue weighted by Gasteiger charge is -2.19. The fourth-order valence-electron chi connectivity index (χ4n) is 2.29. The molecule has 0 bridgehead atoms. The highest BCUT2D eigenvalue weighted by molar-refractivity contribution is 5.74. The second-order valence-electron chi connectivity index (χ2n) is 5.68. The summed E-state index contributed by atoms with van der Waals surface area (Å²) in [6.07, 6.45) is 0.667. The molecule has 1 fully saturated rings. The van der Waals surface area contributed by atoms with Gasteiger partial charge in [0, 0.05) is 25.3 Å². The maximum atomic E-state index is 11.5. The van der Waals surface area contributed by atoms with Crippen LogP contribution in [-0.2, 0) is 11.3 Å². The highest BCUT2D eigenvalue weighted by atomic mass is 16.5. The number of carbonyl (C=O) groups is 1. The summed E-state index contributed by atoms with van der Waals surface area (Å²) in [5.74, 6) is 0. The van der Waals surface area contributed by atoms with Crippen LogP contribution in [0.1, 0.15) is 19.5 Å². The molecule has 4 N–H and O–H groups in total. The molecular formula is C15H24N4O3. The first kappa shape index (κ1) is 16.7. The zero-order chi connectivity index (χ0) is 15.9. The molecule has 7 heteroatoms. The van der Waals surface area contributed by atoms with Gasteiger partial charge in [0.1, 0.15) is 6.10 Å². The average molecular weight is 308 g/mol. The van der Waals surface area contributed by atoms with Crippen LogP contribution in [0.25, 0.3) is 0 Å². The van der Waals surface area contributed by atoms with Gasteiger partial charge in [-0.15, -0.1) is 0 Å². The van der Waals surface area contributed by atoms with Crippen LogP contribution in [0.15, 0.2) is 24.4 Å². The van der Waals surface area contributed by atoms with E-state index in [2.05, 4.69) is 20.9 Å². The predicted molar refractivity (Wildman–Crippen MR) is 82.3 cm³/mol. The van der Waals surface area contributed by atoms with Crippen molar-refractivity contribution in [2.45, 2.75) is 44.7 Å². The third-order valence-corrected chi connectivity index (χ3v) is 3.44. The number of aliphatic hydroxyl groups is 1. The predicted octanol–water partition coefficient (Wildman–Crippen LogP) is 0.00710. The first-order chi connectivity index (χ1) is 10.6. The maximum Gasteiger partial charge on any atom is 0.315 e. The first-order valence-corrected chi connectivity index (χ1v) is 7.53. The zero-order valence-electron chi connectivity index (χ0n) is 13.0. The van der Waals surface area contributed by atoms with Gasteiger partial charge in [-0.2, -0.15) is 0 Å². The molecule has 2 heterocycles. The Morgan fingerprint density at radius 3 is 3.00 bits per heavy atom. The van der Waals surface area contributed by atoms with Crippen LogP contribution in [0.5, 0.6) is 0 Å². The summed E-state index contributed by atoms with van der Waals surface area (Å²) in [6.45, 7) is 5.03. The molecule has 22 heavy (non-hydrogen) atoms. The lowest BCUT2D eigenvalue weighted by Crippen LogP contribution is -2.47. The average Bonchev–Trinajstić information content (AvgIpc) is 2.84. The Kier molecular flexibility index (Phi) is 6.11. The number of carbonyl (C=O) groups excluding carboxylic acids is 1. The van der Waals surface area contributed by atoms with Crippen molar-refractivity contribution in [3.05, 3.63) is 30.1 Å². The number of amides is 2. The summed E-state index contributed by atoms with van der Waals surface area (Å²) < 4.78 is 5.55. The molecule has 2 amide bonds. The summed E-state index contributed by atoms with van der Waals surface area (Å²) in [7, 11) is 0. The van der Waals surface area contributed by atoms with Gasteiger partial charge in [0.2, 0.25) is 0 Å². The number of nitrogens with zero attached hydrogens (tertiary/aromatic N) is 1. The van der Waals surface area contributed by atoms with E-state index in [9.17, 15) is 9.90 Å². The molecule has 1 aromatic heterocycles. The van der Waals surface area contributed by atoms with Crippen molar-refractivity contribution in [3.63, 3.8) is 0 Å². The van der Waals surface area contributed by atoms with Crippen molar-refractivity contribution in [1.82, 2.24) is 20.9 Å². The van der Waals surface area contributed by atoms with E-state index in [4.69, 9.17) is 4.74 Å². The molecule has 1 saturated heterocycles. The van der Waals surface area contributed by atoms with E-state index in [1.807, 2.05) is 32.0 Å². The van der Waals surface area contributed by atoms with E-state index in [1.54, 1.807) is 6.20 Å². The fourth-order valence-corrected chi connectivity index (χ4v) is 2.29. The van der Waals surface area contributed by atoms with Crippen molar-refractivity contribution in [2.24, 2.45) is 0 Å². The molecule has 122 valence electrons. The van der Waals surface area contributed by atoms with Crippen LogP contribution in [0.2, 0.25) is 0 Å². The van der Waals surface area contributed by atoms with Gasteiger partial charge in [0.15, 0.2) is 0 Å². The van der Waals surface area contributed by atoms with Crippen LogP contribution < -0.4 is 16.0 Å². The van der Waals surface area contributed by atoms with E-state index in [1.165, 1.54) is 0 Å². The number of pyridine rings is 1. The number of rotatable bonds is 6. The maximum absolute atomic E-state index is 11.5. The van der Waals surface area contributed by atoms with Crippen molar-refractivity contribution in [2.75, 3.05) is 13.2 Å². The fraction of sp³-hybridized carbons (Fsp3) is 0.600. The SMILES string of the molecule is CC(C)NC(=O)NCC1OCC(NCc2ccccn2)C1O. The van der Waals surface area contributed by atoms with Gasteiger partial charge in [-0.1, -0.05) is 6.07 Å². The van der Waals surface area contributed by atoms with Crippen LogP contribution >= 0.6 is 0 Å². The van der Waals surface area contributed by atoms with Gasteiger partial charge in [-0.05, 0) is 26.0 Å². The van der Waals surface area contributed by atoms with Crippen molar-refractivity contribution < 1.29 is 14.6 Å². The highest BCUT2D eigenvalue weighted by Gasteiger charge is 2.35. The molecular weight excluding hydrogens is 284 g/mol. The number of urea groups is 1. The number of ether oxygens (including phenoxy) is 1. The lowest BCUT2D eigenvalue weighted by molar-refractivity contribution is 0.0425. The Labute approximate surface area is 130 Å². The summed E-state index contributed by atoms with van der Waals surface area (Å²) in [5, 5.41) is 18.9. The summed E-state index contributed by atoms with van der Waals surface area (Å²) >= 11 is 0. The van der Waals surface area contributed by atoms with Gasteiger partial charge in [-0.25, -0.2) is 4.79 Å². The van der Waals surface area contributed by atoms with Crippen LogP contribution in [0.3, 0.4) is 0 Å². The molecule has 0 aromatic carbocycles.